The van der Waals surface area contributed by atoms with Gasteiger partial charge in [-0.05, 0) is 55.6 Å². The van der Waals surface area contributed by atoms with Gasteiger partial charge in [0.1, 0.15) is 39.9 Å². The molecule has 3 N–H and O–H groups in total. The molecule has 1 aromatic carbocycles. The number of amides is 3. The molecule has 0 bridgehead atoms. The van der Waals surface area contributed by atoms with Gasteiger partial charge >= 0.3 is 0 Å². The molecule has 3 aromatic rings. The molecule has 2 saturated carbocycles. The Bertz CT molecular complexity index is 2030. The van der Waals surface area contributed by atoms with Crippen LogP contribution in [-0.4, -0.2) is 91.6 Å². The summed E-state index contributed by atoms with van der Waals surface area (Å²) in [6, 6.07) is 4.02. The first-order valence-electron chi connectivity index (χ1n) is 18.4. The normalized spacial score (nSPS) is 23.6. The van der Waals surface area contributed by atoms with Crippen LogP contribution in [0.2, 0.25) is 0 Å². The summed E-state index contributed by atoms with van der Waals surface area (Å²) in [4.78, 5) is 53.6. The Morgan fingerprint density at radius 3 is 2.43 bits per heavy atom. The molecule has 53 heavy (non-hydrogen) atoms. The van der Waals surface area contributed by atoms with Crippen molar-refractivity contribution in [2.45, 2.75) is 115 Å². The van der Waals surface area contributed by atoms with E-state index in [1.165, 1.54) is 16.2 Å². The van der Waals surface area contributed by atoms with Gasteiger partial charge in [-0.15, -0.1) is 11.3 Å². The van der Waals surface area contributed by atoms with Gasteiger partial charge in [-0.2, -0.15) is 0 Å². The molecule has 3 fully saturated rings. The van der Waals surface area contributed by atoms with Crippen molar-refractivity contribution in [1.82, 2.24) is 30.1 Å². The fraction of sp³-hybridized carbons (Fsp3) is 0.595. The summed E-state index contributed by atoms with van der Waals surface area (Å²) in [5.41, 5.74) is 1.27. The standard InChI is InChI=1S/C37H51BN6O7S2/c1-9-21-16-37(21,35(47)43-53(48,49)23-10-11-23)41-32(45)27-14-22(17-44(27)34(46)31(42-38)36(5,6)7)51-29-15-25(33-40-26(18-52-33)19(2)3)39-30-20(4)28(50-8)13-12-24(29)30/h12-13,15,18-19,21-23,27,31,42H,9-11,14,16-17,38H2,1-8H3,(H,41,45)(H,43,47)/t21-,22-,27+,31?,37-/m1/s1. The van der Waals surface area contributed by atoms with Crippen molar-refractivity contribution in [3.8, 4) is 22.2 Å². The predicted molar refractivity (Wildman–Crippen MR) is 207 cm³/mol. The Kier molecular flexibility index (Phi) is 10.6. The first-order chi connectivity index (χ1) is 24.9. The zero-order valence-electron chi connectivity index (χ0n) is 32.0. The van der Waals surface area contributed by atoms with Gasteiger partial charge < -0.3 is 24.9 Å². The first kappa shape index (κ1) is 39.0. The van der Waals surface area contributed by atoms with Crippen LogP contribution in [-0.2, 0) is 24.4 Å². The third-order valence-electron chi connectivity index (χ3n) is 10.8. The second-order valence-electron chi connectivity index (χ2n) is 16.0. The topological polar surface area (TPSA) is 169 Å². The van der Waals surface area contributed by atoms with Gasteiger partial charge in [-0.25, -0.2) is 18.4 Å². The van der Waals surface area contributed by atoms with E-state index in [-0.39, 0.29) is 30.7 Å². The molecule has 1 saturated heterocycles. The number of nitrogens with zero attached hydrogens (tertiary/aromatic N) is 3. The fourth-order valence-electron chi connectivity index (χ4n) is 7.42. The third kappa shape index (κ3) is 7.64. The Balaban J connectivity index is 1.34. The lowest BCUT2D eigenvalue weighted by atomic mass is 9.84. The Morgan fingerprint density at radius 2 is 1.87 bits per heavy atom. The van der Waals surface area contributed by atoms with Crippen LogP contribution in [0.4, 0.5) is 0 Å². The maximum absolute atomic E-state index is 14.3. The van der Waals surface area contributed by atoms with E-state index in [9.17, 15) is 22.8 Å². The molecule has 1 aliphatic heterocycles. The third-order valence-corrected chi connectivity index (χ3v) is 13.5. The van der Waals surface area contributed by atoms with Gasteiger partial charge in [0.15, 0.2) is 7.98 Å². The number of hydrogen-bond acceptors (Lipinski definition) is 11. The molecule has 3 aliphatic rings. The van der Waals surface area contributed by atoms with Gasteiger partial charge in [0.2, 0.25) is 21.8 Å². The van der Waals surface area contributed by atoms with E-state index in [1.807, 2.05) is 58.2 Å². The van der Waals surface area contributed by atoms with Crippen LogP contribution in [0, 0.1) is 18.3 Å². The number of nitrogens with one attached hydrogen (secondary N) is 3. The number of carbonyl (C=O) groups excluding carboxylic acids is 3. The number of carbonyl (C=O) groups is 3. The highest BCUT2D eigenvalue weighted by Crippen LogP contribution is 2.47. The average Bonchev–Trinajstić information content (AvgIpc) is 3.97. The number of likely N-dealkylation sites (tertiary alicyclic amines) is 1. The van der Waals surface area contributed by atoms with Crippen molar-refractivity contribution >= 4 is 58.0 Å². The van der Waals surface area contributed by atoms with Crippen LogP contribution >= 0.6 is 11.3 Å². The Hall–Kier alpha value is -3.76. The zero-order chi connectivity index (χ0) is 38.6. The molecule has 1 unspecified atom stereocenters. The maximum Gasteiger partial charge on any atom is 0.259 e. The van der Waals surface area contributed by atoms with Crippen molar-refractivity contribution in [3.63, 3.8) is 0 Å². The van der Waals surface area contributed by atoms with Gasteiger partial charge in [0.25, 0.3) is 5.91 Å². The summed E-state index contributed by atoms with van der Waals surface area (Å²) in [6.07, 6.45) is 1.44. The summed E-state index contributed by atoms with van der Waals surface area (Å²) in [6.45, 7) is 14.0. The number of aromatic nitrogens is 2. The highest BCUT2D eigenvalue weighted by molar-refractivity contribution is 7.91. The number of fused-ring (bicyclic) bond motifs is 1. The number of sulfonamides is 1. The molecule has 2 aromatic heterocycles. The smallest absolute Gasteiger partial charge is 0.259 e. The quantitative estimate of drug-likeness (QED) is 0.219. The average molecular weight is 767 g/mol. The second kappa shape index (κ2) is 14.5. The van der Waals surface area contributed by atoms with Crippen molar-refractivity contribution in [1.29, 1.82) is 0 Å². The minimum atomic E-state index is -3.83. The highest BCUT2D eigenvalue weighted by Gasteiger charge is 2.62. The van der Waals surface area contributed by atoms with Crippen LogP contribution in [0.5, 0.6) is 11.5 Å². The molecular formula is C37H51BN6O7S2. The number of pyridine rings is 1. The van der Waals surface area contributed by atoms with Gasteiger partial charge in [0.05, 0.1) is 36.2 Å². The lowest BCUT2D eigenvalue weighted by molar-refractivity contribution is -0.142. The molecule has 286 valence electrons. The van der Waals surface area contributed by atoms with Crippen molar-refractivity contribution in [2.24, 2.45) is 11.3 Å². The SMILES string of the molecule is BNC(C(=O)N1C[C@H](Oc2cc(-c3nc(C(C)C)cs3)nc3c(C)c(OC)ccc23)C[C@H]1C(=O)N[C@]1(C(=O)NS(=O)(=O)C2CC2)C[C@H]1CC)C(C)(C)C. The van der Waals surface area contributed by atoms with E-state index >= 15 is 0 Å². The van der Waals surface area contributed by atoms with E-state index < -0.39 is 56.2 Å². The number of methoxy groups -OCH3 is 1. The second-order valence-corrected chi connectivity index (χ2v) is 18.9. The number of ether oxygens (including phenoxy) is 2. The molecule has 13 nitrogen and oxygen atoms in total. The molecule has 2 aliphatic carbocycles. The molecule has 3 heterocycles. The number of benzene rings is 1. The van der Waals surface area contributed by atoms with Crippen LogP contribution in [0.15, 0.2) is 23.6 Å². The summed E-state index contributed by atoms with van der Waals surface area (Å²) in [5, 5.41) is 9.00. The minimum Gasteiger partial charge on any atom is -0.496 e. The number of aryl methyl sites for hydroxylation is 1. The number of thiazole rings is 1. The summed E-state index contributed by atoms with van der Waals surface area (Å²) >= 11 is 1.50. The monoisotopic (exact) mass is 766 g/mol. The molecule has 5 atom stereocenters. The van der Waals surface area contributed by atoms with Gasteiger partial charge in [0, 0.05) is 28.8 Å². The molecule has 16 heteroatoms. The minimum absolute atomic E-state index is 0.112. The van der Waals surface area contributed by atoms with Crippen LogP contribution in [0.3, 0.4) is 0 Å². The van der Waals surface area contributed by atoms with E-state index in [2.05, 4.69) is 29.1 Å². The molecule has 6 rings (SSSR count). The van der Waals surface area contributed by atoms with Crippen LogP contribution in [0.25, 0.3) is 21.6 Å². The van der Waals surface area contributed by atoms with E-state index in [4.69, 9.17) is 19.4 Å². The molecule has 0 radical (unpaired) electrons. The predicted octanol–water partition coefficient (Wildman–Crippen LogP) is 3.59. The van der Waals surface area contributed by atoms with Crippen LogP contribution in [0.1, 0.15) is 90.8 Å². The lowest BCUT2D eigenvalue weighted by Gasteiger charge is -2.35. The fourth-order valence-corrected chi connectivity index (χ4v) is 9.72. The largest absolute Gasteiger partial charge is 0.496 e. The molecule has 3 amide bonds. The highest BCUT2D eigenvalue weighted by atomic mass is 32.2. The van der Waals surface area contributed by atoms with Crippen LogP contribution < -0.4 is 24.7 Å². The van der Waals surface area contributed by atoms with Crippen molar-refractivity contribution in [2.75, 3.05) is 13.7 Å². The van der Waals surface area contributed by atoms with E-state index in [0.29, 0.717) is 48.4 Å². The summed E-state index contributed by atoms with van der Waals surface area (Å²) < 4.78 is 40.1. The van der Waals surface area contributed by atoms with E-state index in [1.54, 1.807) is 15.1 Å². The zero-order valence-corrected chi connectivity index (χ0v) is 33.7. The van der Waals surface area contributed by atoms with Crippen molar-refractivity contribution in [3.05, 3.63) is 34.8 Å². The number of rotatable bonds is 13. The molecular weight excluding hydrogens is 715 g/mol. The van der Waals surface area contributed by atoms with E-state index in [0.717, 1.165) is 21.7 Å². The molecule has 0 spiro atoms. The maximum atomic E-state index is 14.3. The first-order valence-corrected chi connectivity index (χ1v) is 20.8. The lowest BCUT2D eigenvalue weighted by Crippen LogP contribution is -2.59. The Labute approximate surface area is 316 Å². The van der Waals surface area contributed by atoms with Gasteiger partial charge in [-0.1, -0.05) is 48.0 Å². The number of hydrogen-bond donors (Lipinski definition) is 3. The summed E-state index contributed by atoms with van der Waals surface area (Å²) in [7, 11) is -0.500. The van der Waals surface area contributed by atoms with Crippen molar-refractivity contribution < 1.29 is 32.3 Å². The summed E-state index contributed by atoms with van der Waals surface area (Å²) in [5.74, 6) is -0.290. The van der Waals surface area contributed by atoms with Gasteiger partial charge in [-0.3, -0.25) is 19.1 Å². The Morgan fingerprint density at radius 1 is 1.15 bits per heavy atom.